The molecule has 0 radical (unpaired) electrons. The van der Waals surface area contributed by atoms with Crippen molar-refractivity contribution in [1.29, 1.82) is 0 Å². The Bertz CT molecular complexity index is 392. The van der Waals surface area contributed by atoms with Crippen LogP contribution in [0.25, 0.3) is 0 Å². The molecule has 0 atom stereocenters. The second-order valence-corrected chi connectivity index (χ2v) is 5.27. The second-order valence-electron chi connectivity index (χ2n) is 4.29. The molecule has 6 nitrogen and oxygen atoms in total. The predicted molar refractivity (Wildman–Crippen MR) is 69.9 cm³/mol. The highest BCUT2D eigenvalue weighted by molar-refractivity contribution is 7.17. The normalized spacial score (nSPS) is 14.5. The van der Waals surface area contributed by atoms with Crippen molar-refractivity contribution in [1.82, 2.24) is 15.5 Å². The van der Waals surface area contributed by atoms with E-state index in [0.29, 0.717) is 23.3 Å². The maximum atomic E-state index is 11.7. The van der Waals surface area contributed by atoms with E-state index in [0.717, 1.165) is 18.9 Å². The lowest BCUT2D eigenvalue weighted by Gasteiger charge is -2.03. The van der Waals surface area contributed by atoms with Gasteiger partial charge in [0.15, 0.2) is 0 Å². The fourth-order valence-electron chi connectivity index (χ4n) is 1.40. The molecule has 18 heavy (non-hydrogen) atoms. The molecule has 1 heterocycles. The topological polar surface area (TPSA) is 76.1 Å². The lowest BCUT2D eigenvalue weighted by Crippen LogP contribution is -2.25. The Hall–Kier alpha value is -1.21. The standard InChI is InChI=1S/C11H18N4O2S/c1-12-11-15-14-10(18-11)9(16)13-5-2-6-17-7-8-3-4-8/h8H,2-7H2,1H3,(H,12,15)(H,13,16). The Kier molecular flexibility index (Phi) is 4.89. The van der Waals surface area contributed by atoms with Crippen molar-refractivity contribution in [2.24, 2.45) is 5.92 Å². The number of carbonyl (C=O) groups is 1. The smallest absolute Gasteiger partial charge is 0.282 e. The minimum Gasteiger partial charge on any atom is -0.381 e. The van der Waals surface area contributed by atoms with Crippen LogP contribution in [-0.4, -0.2) is 42.9 Å². The van der Waals surface area contributed by atoms with Crippen molar-refractivity contribution in [3.63, 3.8) is 0 Å². The van der Waals surface area contributed by atoms with Crippen molar-refractivity contribution in [2.45, 2.75) is 19.3 Å². The van der Waals surface area contributed by atoms with Crippen LogP contribution in [0.5, 0.6) is 0 Å². The van der Waals surface area contributed by atoms with Gasteiger partial charge in [-0.1, -0.05) is 11.3 Å². The quantitative estimate of drug-likeness (QED) is 0.692. The van der Waals surface area contributed by atoms with Gasteiger partial charge in [0.1, 0.15) is 0 Å². The van der Waals surface area contributed by atoms with Crippen LogP contribution in [0.1, 0.15) is 29.1 Å². The summed E-state index contributed by atoms with van der Waals surface area (Å²) in [4.78, 5) is 11.7. The zero-order valence-corrected chi connectivity index (χ0v) is 11.3. The number of hydrogen-bond acceptors (Lipinski definition) is 6. The zero-order valence-electron chi connectivity index (χ0n) is 10.4. The molecule has 0 aliphatic heterocycles. The summed E-state index contributed by atoms with van der Waals surface area (Å²) in [5.74, 6) is 0.622. The molecule has 100 valence electrons. The van der Waals surface area contributed by atoms with Crippen molar-refractivity contribution in [2.75, 3.05) is 32.1 Å². The van der Waals surface area contributed by atoms with E-state index >= 15 is 0 Å². The van der Waals surface area contributed by atoms with E-state index in [1.165, 1.54) is 24.2 Å². The molecule has 0 unspecified atom stereocenters. The van der Waals surface area contributed by atoms with Crippen LogP contribution in [0.4, 0.5) is 5.13 Å². The number of anilines is 1. The summed E-state index contributed by atoms with van der Waals surface area (Å²) in [5.41, 5.74) is 0. The number of amides is 1. The first kappa shape index (κ1) is 13.2. The molecule has 2 rings (SSSR count). The molecule has 1 aliphatic rings. The number of rotatable bonds is 8. The van der Waals surface area contributed by atoms with Gasteiger partial charge in [0.25, 0.3) is 5.91 Å². The van der Waals surface area contributed by atoms with Crippen LogP contribution in [0.15, 0.2) is 0 Å². The van der Waals surface area contributed by atoms with Crippen molar-refractivity contribution >= 4 is 22.4 Å². The molecule has 0 saturated heterocycles. The van der Waals surface area contributed by atoms with Gasteiger partial charge >= 0.3 is 0 Å². The highest BCUT2D eigenvalue weighted by atomic mass is 32.1. The van der Waals surface area contributed by atoms with Gasteiger partial charge in [-0.25, -0.2) is 0 Å². The van der Waals surface area contributed by atoms with E-state index in [4.69, 9.17) is 4.74 Å². The Morgan fingerprint density at radius 1 is 1.50 bits per heavy atom. The van der Waals surface area contributed by atoms with Gasteiger partial charge in [0, 0.05) is 26.8 Å². The molecule has 1 aromatic rings. The maximum absolute atomic E-state index is 11.7. The Morgan fingerprint density at radius 2 is 2.33 bits per heavy atom. The van der Waals surface area contributed by atoms with E-state index in [1.807, 2.05) is 0 Å². The highest BCUT2D eigenvalue weighted by Gasteiger charge is 2.20. The number of aromatic nitrogens is 2. The molecule has 2 N–H and O–H groups in total. The van der Waals surface area contributed by atoms with Gasteiger partial charge in [-0.05, 0) is 25.2 Å². The van der Waals surface area contributed by atoms with Gasteiger partial charge in [0.2, 0.25) is 10.1 Å². The fourth-order valence-corrected chi connectivity index (χ4v) is 2.02. The molecular weight excluding hydrogens is 252 g/mol. The van der Waals surface area contributed by atoms with Crippen LogP contribution < -0.4 is 10.6 Å². The van der Waals surface area contributed by atoms with Crippen LogP contribution in [0.3, 0.4) is 0 Å². The van der Waals surface area contributed by atoms with E-state index in [2.05, 4.69) is 20.8 Å². The average molecular weight is 270 g/mol. The predicted octanol–water partition coefficient (Wildman–Crippen LogP) is 1.13. The molecule has 7 heteroatoms. The first-order valence-corrected chi connectivity index (χ1v) is 6.98. The van der Waals surface area contributed by atoms with Gasteiger partial charge in [-0.2, -0.15) is 0 Å². The lowest BCUT2D eigenvalue weighted by atomic mass is 10.4. The molecule has 1 aliphatic carbocycles. The fraction of sp³-hybridized carbons (Fsp3) is 0.727. The third-order valence-electron chi connectivity index (χ3n) is 2.63. The van der Waals surface area contributed by atoms with Crippen LogP contribution in [0, 0.1) is 5.92 Å². The molecule has 0 bridgehead atoms. The summed E-state index contributed by atoms with van der Waals surface area (Å²) in [6.45, 7) is 2.18. The molecule has 1 amide bonds. The number of nitrogens with one attached hydrogen (secondary N) is 2. The lowest BCUT2D eigenvalue weighted by molar-refractivity contribution is 0.0936. The summed E-state index contributed by atoms with van der Waals surface area (Å²) in [6.07, 6.45) is 3.44. The third kappa shape index (κ3) is 4.23. The zero-order chi connectivity index (χ0) is 12.8. The molecule has 1 saturated carbocycles. The molecule has 0 aromatic carbocycles. The summed E-state index contributed by atoms with van der Waals surface area (Å²) in [5, 5.41) is 14.3. The van der Waals surface area contributed by atoms with E-state index in [1.54, 1.807) is 7.05 Å². The molecular formula is C11H18N4O2S. The SMILES string of the molecule is CNc1nnc(C(=O)NCCCOCC2CC2)s1. The second kappa shape index (κ2) is 6.65. The van der Waals surface area contributed by atoms with E-state index in [9.17, 15) is 4.79 Å². The molecule has 1 fully saturated rings. The first-order valence-electron chi connectivity index (χ1n) is 6.17. The Morgan fingerprint density at radius 3 is 3.00 bits per heavy atom. The maximum Gasteiger partial charge on any atom is 0.282 e. The Labute approximate surface area is 110 Å². The van der Waals surface area contributed by atoms with Crippen LogP contribution >= 0.6 is 11.3 Å². The van der Waals surface area contributed by atoms with Crippen LogP contribution in [0.2, 0.25) is 0 Å². The number of hydrogen-bond donors (Lipinski definition) is 2. The van der Waals surface area contributed by atoms with Crippen molar-refractivity contribution in [3.05, 3.63) is 5.01 Å². The van der Waals surface area contributed by atoms with E-state index in [-0.39, 0.29) is 5.91 Å². The van der Waals surface area contributed by atoms with Crippen molar-refractivity contribution in [3.8, 4) is 0 Å². The van der Waals surface area contributed by atoms with Gasteiger partial charge in [-0.3, -0.25) is 4.79 Å². The summed E-state index contributed by atoms with van der Waals surface area (Å²) < 4.78 is 5.48. The van der Waals surface area contributed by atoms with Crippen LogP contribution in [-0.2, 0) is 4.74 Å². The minimum atomic E-state index is -0.170. The minimum absolute atomic E-state index is 0.170. The molecule has 0 spiro atoms. The number of nitrogens with zero attached hydrogens (tertiary/aromatic N) is 2. The average Bonchev–Trinajstić information content (AvgIpc) is 3.07. The first-order chi connectivity index (χ1) is 8.79. The summed E-state index contributed by atoms with van der Waals surface area (Å²) in [7, 11) is 1.75. The van der Waals surface area contributed by atoms with Gasteiger partial charge in [0.05, 0.1) is 0 Å². The number of carbonyl (C=O) groups excluding carboxylic acids is 1. The third-order valence-corrected chi connectivity index (χ3v) is 3.57. The summed E-state index contributed by atoms with van der Waals surface area (Å²) in [6, 6.07) is 0. The number of ether oxygens (including phenoxy) is 1. The Balaban J connectivity index is 1.56. The highest BCUT2D eigenvalue weighted by Crippen LogP contribution is 2.28. The molecule has 1 aromatic heterocycles. The summed E-state index contributed by atoms with van der Waals surface area (Å²) >= 11 is 1.24. The largest absolute Gasteiger partial charge is 0.381 e. The van der Waals surface area contributed by atoms with Crippen molar-refractivity contribution < 1.29 is 9.53 Å². The van der Waals surface area contributed by atoms with E-state index < -0.39 is 0 Å². The monoisotopic (exact) mass is 270 g/mol. The van der Waals surface area contributed by atoms with Gasteiger partial charge in [-0.15, -0.1) is 10.2 Å². The van der Waals surface area contributed by atoms with Gasteiger partial charge < -0.3 is 15.4 Å².